The van der Waals surface area contributed by atoms with Crippen LogP contribution in [0.1, 0.15) is 23.2 Å². The average Bonchev–Trinajstić information content (AvgIpc) is 2.40. The Morgan fingerprint density at radius 1 is 1.56 bits per heavy atom. The second kappa shape index (κ2) is 6.55. The van der Waals surface area contributed by atoms with Gasteiger partial charge in [0.25, 0.3) is 5.91 Å². The van der Waals surface area contributed by atoms with E-state index in [1.807, 2.05) is 0 Å². The summed E-state index contributed by atoms with van der Waals surface area (Å²) in [5.74, 6) is 0.454. The Labute approximate surface area is 120 Å². The third kappa shape index (κ3) is 3.70. The largest absolute Gasteiger partial charge is 0.352 e. The molecule has 1 fully saturated rings. The first-order valence-electron chi connectivity index (χ1n) is 6.11. The smallest absolute Gasteiger partial charge is 0.252 e. The van der Waals surface area contributed by atoms with Crippen molar-refractivity contribution in [2.24, 2.45) is 5.92 Å². The lowest BCUT2D eigenvalue weighted by molar-refractivity contribution is 0.0944. The van der Waals surface area contributed by atoms with Crippen LogP contribution in [0.3, 0.4) is 0 Å². The molecule has 0 saturated carbocycles. The number of hydrogen-bond acceptors (Lipinski definition) is 2. The van der Waals surface area contributed by atoms with Gasteiger partial charge < -0.3 is 10.6 Å². The van der Waals surface area contributed by atoms with Crippen LogP contribution in [0.15, 0.2) is 22.7 Å². The van der Waals surface area contributed by atoms with Crippen LogP contribution in [0.25, 0.3) is 0 Å². The highest BCUT2D eigenvalue weighted by Gasteiger charge is 2.15. The first kappa shape index (κ1) is 13.8. The van der Waals surface area contributed by atoms with Gasteiger partial charge >= 0.3 is 0 Å². The second-order valence-corrected chi connectivity index (χ2v) is 5.84. The topological polar surface area (TPSA) is 41.1 Å². The van der Waals surface area contributed by atoms with E-state index in [1.165, 1.54) is 12.8 Å². The molecule has 0 radical (unpaired) electrons. The van der Waals surface area contributed by atoms with Gasteiger partial charge in [-0.2, -0.15) is 0 Å². The molecule has 1 aliphatic heterocycles. The molecular weight excluding hydrogens is 316 g/mol. The number of halogens is 2. The number of carbonyl (C=O) groups excluding carboxylic acids is 1. The molecule has 0 spiro atoms. The summed E-state index contributed by atoms with van der Waals surface area (Å²) in [6.07, 6.45) is 2.35. The maximum Gasteiger partial charge on any atom is 0.252 e. The Balaban J connectivity index is 1.92. The predicted molar refractivity (Wildman–Crippen MR) is 77.1 cm³/mol. The highest BCUT2D eigenvalue weighted by molar-refractivity contribution is 9.10. The van der Waals surface area contributed by atoms with Crippen LogP contribution >= 0.6 is 27.5 Å². The van der Waals surface area contributed by atoms with Gasteiger partial charge in [-0.05, 0) is 66.0 Å². The van der Waals surface area contributed by atoms with Gasteiger partial charge in [0, 0.05) is 16.0 Å². The Bertz CT molecular complexity index is 433. The molecule has 1 atom stereocenters. The number of rotatable bonds is 3. The minimum absolute atomic E-state index is 0.0741. The van der Waals surface area contributed by atoms with Crippen molar-refractivity contribution in [1.29, 1.82) is 0 Å². The Hall–Kier alpha value is -0.580. The standard InChI is InChI=1S/C13H16BrClN2O/c14-12-4-3-10(15)6-11(12)13(18)17-8-9-2-1-5-16-7-9/h3-4,6,9,16H,1-2,5,7-8H2,(H,17,18)/t9-/m0/s1. The maximum absolute atomic E-state index is 12.0. The maximum atomic E-state index is 12.0. The van der Waals surface area contributed by atoms with Gasteiger partial charge in [0.2, 0.25) is 0 Å². The van der Waals surface area contributed by atoms with E-state index in [4.69, 9.17) is 11.6 Å². The number of benzene rings is 1. The lowest BCUT2D eigenvalue weighted by Gasteiger charge is -2.23. The minimum atomic E-state index is -0.0741. The van der Waals surface area contributed by atoms with E-state index in [0.717, 1.165) is 17.6 Å². The van der Waals surface area contributed by atoms with Crippen LogP contribution in [0, 0.1) is 5.92 Å². The quantitative estimate of drug-likeness (QED) is 0.894. The Kier molecular flexibility index (Phi) is 5.03. The Morgan fingerprint density at radius 2 is 2.39 bits per heavy atom. The summed E-state index contributed by atoms with van der Waals surface area (Å²) in [5.41, 5.74) is 0.589. The molecule has 1 aromatic carbocycles. The molecule has 0 aliphatic carbocycles. The van der Waals surface area contributed by atoms with Crippen molar-refractivity contribution in [3.05, 3.63) is 33.3 Å². The van der Waals surface area contributed by atoms with Crippen molar-refractivity contribution in [2.75, 3.05) is 19.6 Å². The van der Waals surface area contributed by atoms with Crippen molar-refractivity contribution in [3.63, 3.8) is 0 Å². The van der Waals surface area contributed by atoms with Crippen LogP contribution in [-0.4, -0.2) is 25.5 Å². The molecule has 18 heavy (non-hydrogen) atoms. The summed E-state index contributed by atoms with van der Waals surface area (Å²) in [7, 11) is 0. The molecule has 1 amide bonds. The molecule has 3 nitrogen and oxygen atoms in total. The van der Waals surface area contributed by atoms with Crippen LogP contribution in [0.5, 0.6) is 0 Å². The third-order valence-corrected chi connectivity index (χ3v) is 4.05. The molecule has 1 heterocycles. The molecule has 2 rings (SSSR count). The van der Waals surface area contributed by atoms with Crippen molar-refractivity contribution in [2.45, 2.75) is 12.8 Å². The van der Waals surface area contributed by atoms with E-state index in [0.29, 0.717) is 23.0 Å². The first-order valence-corrected chi connectivity index (χ1v) is 7.28. The molecule has 0 aromatic heterocycles. The number of nitrogens with one attached hydrogen (secondary N) is 2. The van der Waals surface area contributed by atoms with Gasteiger partial charge in [-0.3, -0.25) is 4.79 Å². The lowest BCUT2D eigenvalue weighted by Crippen LogP contribution is -2.38. The minimum Gasteiger partial charge on any atom is -0.352 e. The monoisotopic (exact) mass is 330 g/mol. The fourth-order valence-corrected chi connectivity index (χ4v) is 2.70. The molecule has 0 bridgehead atoms. The zero-order chi connectivity index (χ0) is 13.0. The van der Waals surface area contributed by atoms with Gasteiger partial charge in [0.1, 0.15) is 0 Å². The number of hydrogen-bond donors (Lipinski definition) is 2. The zero-order valence-corrected chi connectivity index (χ0v) is 12.4. The molecule has 1 aromatic rings. The molecule has 5 heteroatoms. The summed E-state index contributed by atoms with van der Waals surface area (Å²) in [4.78, 5) is 12.0. The second-order valence-electron chi connectivity index (χ2n) is 4.55. The number of piperidine rings is 1. The van der Waals surface area contributed by atoms with Gasteiger partial charge in [0.15, 0.2) is 0 Å². The molecule has 98 valence electrons. The molecular formula is C13H16BrClN2O. The highest BCUT2D eigenvalue weighted by atomic mass is 79.9. The summed E-state index contributed by atoms with van der Waals surface area (Å²) in [6, 6.07) is 5.23. The third-order valence-electron chi connectivity index (χ3n) is 3.12. The lowest BCUT2D eigenvalue weighted by atomic mass is 10.00. The Morgan fingerprint density at radius 3 is 3.11 bits per heavy atom. The zero-order valence-electron chi connectivity index (χ0n) is 10.0. The molecule has 1 saturated heterocycles. The van der Waals surface area contributed by atoms with E-state index in [2.05, 4.69) is 26.6 Å². The van der Waals surface area contributed by atoms with Gasteiger partial charge in [-0.25, -0.2) is 0 Å². The molecule has 1 aliphatic rings. The fraction of sp³-hybridized carbons (Fsp3) is 0.462. The summed E-state index contributed by atoms with van der Waals surface area (Å²) < 4.78 is 0.770. The van der Waals surface area contributed by atoms with Crippen LogP contribution in [0.2, 0.25) is 5.02 Å². The van der Waals surface area contributed by atoms with Gasteiger partial charge in [0.05, 0.1) is 5.56 Å². The van der Waals surface area contributed by atoms with E-state index < -0.39 is 0 Å². The van der Waals surface area contributed by atoms with Crippen molar-refractivity contribution in [1.82, 2.24) is 10.6 Å². The summed E-state index contributed by atoms with van der Waals surface area (Å²) in [5, 5.41) is 6.88. The number of carbonyl (C=O) groups is 1. The SMILES string of the molecule is O=C(NC[C@H]1CCCNC1)c1cc(Cl)ccc1Br. The van der Waals surface area contributed by atoms with Crippen molar-refractivity contribution >= 4 is 33.4 Å². The average molecular weight is 332 g/mol. The molecule has 2 N–H and O–H groups in total. The van der Waals surface area contributed by atoms with E-state index in [9.17, 15) is 4.79 Å². The summed E-state index contributed by atoms with van der Waals surface area (Å²) in [6.45, 7) is 2.78. The molecule has 0 unspecified atom stereocenters. The van der Waals surface area contributed by atoms with E-state index >= 15 is 0 Å². The summed E-state index contributed by atoms with van der Waals surface area (Å²) >= 11 is 9.26. The van der Waals surface area contributed by atoms with Gasteiger partial charge in [-0.15, -0.1) is 0 Å². The first-order chi connectivity index (χ1) is 8.66. The van der Waals surface area contributed by atoms with Crippen LogP contribution in [0.4, 0.5) is 0 Å². The predicted octanol–water partition coefficient (Wildman–Crippen LogP) is 2.83. The van der Waals surface area contributed by atoms with Crippen LogP contribution < -0.4 is 10.6 Å². The van der Waals surface area contributed by atoms with Gasteiger partial charge in [-0.1, -0.05) is 11.6 Å². The van der Waals surface area contributed by atoms with Crippen molar-refractivity contribution < 1.29 is 4.79 Å². The van der Waals surface area contributed by atoms with E-state index in [-0.39, 0.29) is 5.91 Å². The van der Waals surface area contributed by atoms with Crippen LogP contribution in [-0.2, 0) is 0 Å². The normalized spacial score (nSPS) is 19.6. The van der Waals surface area contributed by atoms with E-state index in [1.54, 1.807) is 18.2 Å². The van der Waals surface area contributed by atoms with Crippen molar-refractivity contribution in [3.8, 4) is 0 Å². The number of amides is 1. The highest BCUT2D eigenvalue weighted by Crippen LogP contribution is 2.21. The fourth-order valence-electron chi connectivity index (χ4n) is 2.10.